The van der Waals surface area contributed by atoms with E-state index >= 15 is 0 Å². The number of H-pyrrole nitrogens is 1. The monoisotopic (exact) mass is 363 g/mol. The van der Waals surface area contributed by atoms with Gasteiger partial charge < -0.3 is 14.2 Å². The summed E-state index contributed by atoms with van der Waals surface area (Å²) in [5.41, 5.74) is 0.794. The van der Waals surface area contributed by atoms with E-state index in [4.69, 9.17) is 4.52 Å². The lowest BCUT2D eigenvalue weighted by Gasteiger charge is -2.02. The Morgan fingerprint density at radius 2 is 2.29 bits per heavy atom. The van der Waals surface area contributed by atoms with Crippen molar-refractivity contribution in [2.75, 3.05) is 7.11 Å². The second-order valence-electron chi connectivity index (χ2n) is 4.74. The molecule has 24 heavy (non-hydrogen) atoms. The molecule has 1 N–H and O–H groups in total. The number of nitrogens with zero attached hydrogens (tertiary/aromatic N) is 2. The lowest BCUT2D eigenvalue weighted by Crippen LogP contribution is -2.13. The number of aromatic nitrogens is 3. The third kappa shape index (κ3) is 4.12. The van der Waals surface area contributed by atoms with E-state index in [1.165, 1.54) is 24.9 Å². The molecule has 0 aliphatic heterocycles. The number of rotatable bonds is 6. The van der Waals surface area contributed by atoms with Gasteiger partial charge in [0.15, 0.2) is 10.9 Å². The largest absolute Gasteiger partial charge is 0.469 e. The predicted octanol–water partition coefficient (Wildman–Crippen LogP) is 2.49. The highest BCUT2D eigenvalue weighted by Gasteiger charge is 2.11. The van der Waals surface area contributed by atoms with E-state index in [2.05, 4.69) is 19.9 Å². The maximum absolute atomic E-state index is 11.7. The summed E-state index contributed by atoms with van der Waals surface area (Å²) in [6.07, 6.45) is -0.0412. The lowest BCUT2D eigenvalue weighted by atomic mass is 10.3. The van der Waals surface area contributed by atoms with Crippen LogP contribution < -0.4 is 5.56 Å². The fourth-order valence-corrected chi connectivity index (χ4v) is 3.37. The molecule has 3 heterocycles. The summed E-state index contributed by atoms with van der Waals surface area (Å²) in [4.78, 5) is 30.8. The summed E-state index contributed by atoms with van der Waals surface area (Å²) in [5.74, 6) is 0.752. The summed E-state index contributed by atoms with van der Waals surface area (Å²) in [6.45, 7) is 0. The molecule has 0 amide bonds. The van der Waals surface area contributed by atoms with Crippen molar-refractivity contribution in [2.45, 2.75) is 17.3 Å². The van der Waals surface area contributed by atoms with E-state index in [0.29, 0.717) is 22.4 Å². The van der Waals surface area contributed by atoms with Crippen LogP contribution in [0.25, 0.3) is 10.6 Å². The van der Waals surface area contributed by atoms with Crippen molar-refractivity contribution in [2.24, 2.45) is 0 Å². The van der Waals surface area contributed by atoms with Crippen LogP contribution in [0.15, 0.2) is 44.1 Å². The molecular weight excluding hydrogens is 350 g/mol. The third-order valence-corrected chi connectivity index (χ3v) is 4.80. The van der Waals surface area contributed by atoms with Gasteiger partial charge in [0.05, 0.1) is 29.8 Å². The minimum absolute atomic E-state index is 0.0412. The first-order valence-corrected chi connectivity index (χ1v) is 8.80. The average Bonchev–Trinajstić information content (AvgIpc) is 3.23. The van der Waals surface area contributed by atoms with Crippen LogP contribution in [-0.4, -0.2) is 28.2 Å². The van der Waals surface area contributed by atoms with Crippen molar-refractivity contribution in [3.63, 3.8) is 0 Å². The van der Waals surface area contributed by atoms with Crippen LogP contribution in [0.3, 0.4) is 0 Å². The molecule has 0 aliphatic rings. The second kappa shape index (κ2) is 7.45. The number of ether oxygens (including phenoxy) is 1. The Labute approximate surface area is 145 Å². The topological polar surface area (TPSA) is 98.1 Å². The molecule has 7 nitrogen and oxygen atoms in total. The van der Waals surface area contributed by atoms with Crippen molar-refractivity contribution in [1.29, 1.82) is 0 Å². The van der Waals surface area contributed by atoms with Crippen LogP contribution in [0.4, 0.5) is 0 Å². The smallest absolute Gasteiger partial charge is 0.311 e. The first-order valence-electron chi connectivity index (χ1n) is 6.93. The molecule has 0 unspecified atom stereocenters. The normalized spacial score (nSPS) is 10.7. The molecule has 0 atom stereocenters. The molecule has 0 saturated carbocycles. The van der Waals surface area contributed by atoms with Crippen LogP contribution in [0.1, 0.15) is 11.4 Å². The molecular formula is C15H13N3O4S2. The van der Waals surface area contributed by atoms with Gasteiger partial charge in [-0.2, -0.15) is 0 Å². The highest BCUT2D eigenvalue weighted by Crippen LogP contribution is 2.27. The van der Waals surface area contributed by atoms with E-state index in [0.717, 1.165) is 10.6 Å². The minimum Gasteiger partial charge on any atom is -0.469 e. The molecule has 0 spiro atoms. The van der Waals surface area contributed by atoms with Gasteiger partial charge in [-0.15, -0.1) is 11.3 Å². The fourth-order valence-electron chi connectivity index (χ4n) is 1.92. The standard InChI is InChI=1S/C15H13N3O4S2/c1-21-14(20)7-9-6-13(19)17-15(16-9)24-8-10-5-11(22-18-10)12-3-2-4-23-12/h2-6H,7-8H2,1H3,(H,16,17,19). The SMILES string of the molecule is COC(=O)Cc1cc(=O)[nH]c(SCc2cc(-c3cccs3)on2)n1. The number of aromatic amines is 1. The summed E-state index contributed by atoms with van der Waals surface area (Å²) >= 11 is 2.88. The number of thiophene rings is 1. The highest BCUT2D eigenvalue weighted by atomic mass is 32.2. The summed E-state index contributed by atoms with van der Waals surface area (Å²) in [6, 6.07) is 7.04. The van der Waals surface area contributed by atoms with Crippen LogP contribution in [0, 0.1) is 0 Å². The highest BCUT2D eigenvalue weighted by molar-refractivity contribution is 7.98. The van der Waals surface area contributed by atoms with Gasteiger partial charge in [0, 0.05) is 17.9 Å². The zero-order chi connectivity index (χ0) is 16.9. The predicted molar refractivity (Wildman–Crippen MR) is 90.0 cm³/mol. The molecule has 0 aliphatic carbocycles. The van der Waals surface area contributed by atoms with Crippen molar-refractivity contribution < 1.29 is 14.1 Å². The van der Waals surface area contributed by atoms with E-state index in [-0.39, 0.29) is 12.0 Å². The maximum Gasteiger partial charge on any atom is 0.311 e. The molecule has 0 bridgehead atoms. The zero-order valence-corrected chi connectivity index (χ0v) is 14.3. The number of methoxy groups -OCH3 is 1. The Balaban J connectivity index is 1.68. The molecule has 0 aromatic carbocycles. The third-order valence-electron chi connectivity index (χ3n) is 3.01. The molecule has 3 rings (SSSR count). The van der Waals surface area contributed by atoms with Gasteiger partial charge in [0.2, 0.25) is 0 Å². The number of thioether (sulfide) groups is 1. The quantitative estimate of drug-likeness (QED) is 0.408. The van der Waals surface area contributed by atoms with Crippen LogP contribution in [0.5, 0.6) is 0 Å². The summed E-state index contributed by atoms with van der Waals surface area (Å²) in [7, 11) is 1.29. The van der Waals surface area contributed by atoms with Crippen LogP contribution >= 0.6 is 23.1 Å². The Morgan fingerprint density at radius 3 is 3.04 bits per heavy atom. The first-order chi connectivity index (χ1) is 11.6. The zero-order valence-electron chi connectivity index (χ0n) is 12.6. The van der Waals surface area contributed by atoms with E-state index < -0.39 is 5.97 Å². The number of esters is 1. The Kier molecular flexibility index (Phi) is 5.11. The Morgan fingerprint density at radius 1 is 1.42 bits per heavy atom. The van der Waals surface area contributed by atoms with Gasteiger partial charge in [-0.1, -0.05) is 23.0 Å². The van der Waals surface area contributed by atoms with Crippen molar-refractivity contribution in [1.82, 2.24) is 15.1 Å². The van der Waals surface area contributed by atoms with Gasteiger partial charge in [-0.25, -0.2) is 4.98 Å². The van der Waals surface area contributed by atoms with Gasteiger partial charge in [-0.05, 0) is 11.4 Å². The molecule has 0 radical (unpaired) electrons. The van der Waals surface area contributed by atoms with Crippen LogP contribution in [0.2, 0.25) is 0 Å². The first kappa shape index (κ1) is 16.5. The van der Waals surface area contributed by atoms with E-state index in [1.54, 1.807) is 11.3 Å². The van der Waals surface area contributed by atoms with E-state index in [9.17, 15) is 9.59 Å². The van der Waals surface area contributed by atoms with E-state index in [1.807, 2.05) is 23.6 Å². The molecule has 3 aromatic heterocycles. The van der Waals surface area contributed by atoms with Crippen LogP contribution in [-0.2, 0) is 21.7 Å². The summed E-state index contributed by atoms with van der Waals surface area (Å²) in [5, 5.41) is 6.40. The molecule has 0 saturated heterocycles. The lowest BCUT2D eigenvalue weighted by molar-refractivity contribution is -0.139. The van der Waals surface area contributed by atoms with Crippen molar-refractivity contribution in [3.05, 3.63) is 51.4 Å². The van der Waals surface area contributed by atoms with Gasteiger partial charge in [0.1, 0.15) is 0 Å². The fraction of sp³-hybridized carbons (Fsp3) is 0.200. The van der Waals surface area contributed by atoms with Gasteiger partial charge >= 0.3 is 5.97 Å². The average molecular weight is 363 g/mol. The number of nitrogens with one attached hydrogen (secondary N) is 1. The molecule has 9 heteroatoms. The van der Waals surface area contributed by atoms with Gasteiger partial charge in [0.25, 0.3) is 5.56 Å². The summed E-state index contributed by atoms with van der Waals surface area (Å²) < 4.78 is 9.89. The molecule has 3 aromatic rings. The number of hydrogen-bond acceptors (Lipinski definition) is 8. The van der Waals surface area contributed by atoms with Crippen molar-refractivity contribution >= 4 is 29.1 Å². The maximum atomic E-state index is 11.7. The number of hydrogen-bond donors (Lipinski definition) is 1. The number of carbonyl (C=O) groups is 1. The minimum atomic E-state index is -0.443. The Bertz CT molecular complexity index is 886. The second-order valence-corrected chi connectivity index (χ2v) is 6.66. The van der Waals surface area contributed by atoms with Crippen molar-refractivity contribution in [3.8, 4) is 10.6 Å². The number of carbonyl (C=O) groups excluding carboxylic acids is 1. The molecule has 124 valence electrons. The van der Waals surface area contributed by atoms with Gasteiger partial charge in [-0.3, -0.25) is 9.59 Å². The molecule has 0 fully saturated rings. The Hall–Kier alpha value is -2.39.